The van der Waals surface area contributed by atoms with Crippen LogP contribution in [0.3, 0.4) is 0 Å². The highest BCUT2D eigenvalue weighted by Gasteiger charge is 2.23. The van der Waals surface area contributed by atoms with Crippen molar-refractivity contribution in [3.05, 3.63) is 36.4 Å². The number of benzene rings is 1. The Bertz CT molecular complexity index is 608. The summed E-state index contributed by atoms with van der Waals surface area (Å²) in [7, 11) is 0. The lowest BCUT2D eigenvalue weighted by Gasteiger charge is -2.19. The number of ether oxygens (including phenoxy) is 1. The molecule has 2 amide bonds. The number of nitrogens with one attached hydrogen (secondary N) is 2. The summed E-state index contributed by atoms with van der Waals surface area (Å²) < 4.78 is 5.74. The van der Waals surface area contributed by atoms with Gasteiger partial charge < -0.3 is 15.4 Å². The molecular weight excluding hydrogens is 292 g/mol. The van der Waals surface area contributed by atoms with Gasteiger partial charge in [-0.2, -0.15) is 0 Å². The van der Waals surface area contributed by atoms with E-state index in [4.69, 9.17) is 4.74 Å². The Hall–Kier alpha value is -2.30. The van der Waals surface area contributed by atoms with Gasteiger partial charge in [-0.25, -0.2) is 0 Å². The summed E-state index contributed by atoms with van der Waals surface area (Å²) in [5.41, 5.74) is 0.539. The quantitative estimate of drug-likeness (QED) is 0.648. The van der Waals surface area contributed by atoms with Gasteiger partial charge in [-0.1, -0.05) is 24.3 Å². The molecule has 122 valence electrons. The summed E-state index contributed by atoms with van der Waals surface area (Å²) in [6, 6.07) is 7.26. The molecule has 0 saturated heterocycles. The van der Waals surface area contributed by atoms with Crippen molar-refractivity contribution in [3.8, 4) is 5.75 Å². The fourth-order valence-corrected chi connectivity index (χ4v) is 2.54. The van der Waals surface area contributed by atoms with Gasteiger partial charge in [0.1, 0.15) is 5.75 Å². The maximum absolute atomic E-state index is 12.1. The van der Waals surface area contributed by atoms with E-state index in [1.54, 1.807) is 6.07 Å². The fraction of sp³-hybridized carbons (Fsp3) is 0.444. The largest absolute Gasteiger partial charge is 0.491 e. The maximum Gasteiger partial charge on any atom is 0.313 e. The molecule has 2 N–H and O–H groups in total. The third kappa shape index (κ3) is 4.58. The van der Waals surface area contributed by atoms with Crippen molar-refractivity contribution in [2.75, 3.05) is 11.9 Å². The van der Waals surface area contributed by atoms with E-state index < -0.39 is 11.8 Å². The van der Waals surface area contributed by atoms with Crippen LogP contribution >= 0.6 is 0 Å². The van der Waals surface area contributed by atoms with Gasteiger partial charge in [0, 0.05) is 6.04 Å². The van der Waals surface area contributed by atoms with Crippen molar-refractivity contribution < 1.29 is 14.3 Å². The third-order valence-electron chi connectivity index (χ3n) is 4.12. The van der Waals surface area contributed by atoms with E-state index >= 15 is 0 Å². The lowest BCUT2D eigenvalue weighted by molar-refractivity contribution is -0.136. The number of carbonyl (C=O) groups is 2. The van der Waals surface area contributed by atoms with Gasteiger partial charge in [0.15, 0.2) is 0 Å². The van der Waals surface area contributed by atoms with Crippen LogP contribution in [0.2, 0.25) is 0 Å². The Morgan fingerprint density at radius 2 is 1.91 bits per heavy atom. The monoisotopic (exact) mass is 314 g/mol. The molecule has 0 aromatic heterocycles. The second kappa shape index (κ2) is 7.31. The number of hydrogen-bond acceptors (Lipinski definition) is 3. The molecule has 1 aromatic rings. The first-order chi connectivity index (χ1) is 11.2. The summed E-state index contributed by atoms with van der Waals surface area (Å²) in [5, 5.41) is 5.43. The minimum atomic E-state index is -0.651. The molecule has 5 heteroatoms. The first-order valence-electron chi connectivity index (χ1n) is 8.21. The van der Waals surface area contributed by atoms with E-state index in [0.717, 1.165) is 19.3 Å². The molecule has 1 aromatic carbocycles. The van der Waals surface area contributed by atoms with Crippen LogP contribution in [-0.4, -0.2) is 24.5 Å². The van der Waals surface area contributed by atoms with E-state index in [0.29, 0.717) is 24.0 Å². The van der Waals surface area contributed by atoms with Gasteiger partial charge in [0.25, 0.3) is 0 Å². The number of amides is 2. The number of allylic oxidation sites excluding steroid dienone is 1. The van der Waals surface area contributed by atoms with Crippen LogP contribution in [0.25, 0.3) is 0 Å². The Kier molecular flexibility index (Phi) is 4.95. The van der Waals surface area contributed by atoms with E-state index in [2.05, 4.69) is 16.7 Å². The maximum atomic E-state index is 12.1. The van der Waals surface area contributed by atoms with Crippen LogP contribution in [0.4, 0.5) is 5.69 Å². The van der Waals surface area contributed by atoms with E-state index in [1.165, 1.54) is 12.8 Å². The summed E-state index contributed by atoms with van der Waals surface area (Å²) in [6.45, 7) is 0.660. The van der Waals surface area contributed by atoms with Crippen molar-refractivity contribution in [2.45, 2.75) is 38.1 Å². The van der Waals surface area contributed by atoms with E-state index in [-0.39, 0.29) is 6.04 Å². The summed E-state index contributed by atoms with van der Waals surface area (Å²) in [4.78, 5) is 24.1. The average molecular weight is 314 g/mol. The molecule has 0 aliphatic heterocycles. The molecular formula is C18H22N2O3. The van der Waals surface area contributed by atoms with Gasteiger partial charge >= 0.3 is 11.8 Å². The molecule has 5 nitrogen and oxygen atoms in total. The van der Waals surface area contributed by atoms with Gasteiger partial charge in [-0.3, -0.25) is 9.59 Å². The van der Waals surface area contributed by atoms with Crippen LogP contribution in [0.1, 0.15) is 32.1 Å². The first kappa shape index (κ1) is 15.6. The number of anilines is 1. The SMILES string of the molecule is O=C(Nc1ccccc1OCC1CC1)C(=O)NC1CC=CCC1. The molecule has 2 aliphatic carbocycles. The summed E-state index contributed by atoms with van der Waals surface area (Å²) >= 11 is 0. The third-order valence-corrected chi connectivity index (χ3v) is 4.12. The highest BCUT2D eigenvalue weighted by atomic mass is 16.5. The normalized spacial score (nSPS) is 19.9. The Balaban J connectivity index is 1.55. The topological polar surface area (TPSA) is 67.4 Å². The van der Waals surface area contributed by atoms with E-state index in [9.17, 15) is 9.59 Å². The van der Waals surface area contributed by atoms with Crippen LogP contribution < -0.4 is 15.4 Å². The molecule has 0 bridgehead atoms. The van der Waals surface area contributed by atoms with Crippen molar-refractivity contribution in [1.29, 1.82) is 0 Å². The molecule has 1 unspecified atom stereocenters. The molecule has 23 heavy (non-hydrogen) atoms. The smallest absolute Gasteiger partial charge is 0.313 e. The molecule has 2 aliphatic rings. The summed E-state index contributed by atoms with van der Waals surface area (Å²) in [6.07, 6.45) is 9.12. The average Bonchev–Trinajstić information content (AvgIpc) is 3.39. The van der Waals surface area contributed by atoms with Crippen molar-refractivity contribution in [2.24, 2.45) is 5.92 Å². The number of para-hydroxylation sites is 2. The fourth-order valence-electron chi connectivity index (χ4n) is 2.54. The van der Waals surface area contributed by atoms with Crippen molar-refractivity contribution in [1.82, 2.24) is 5.32 Å². The van der Waals surface area contributed by atoms with Crippen molar-refractivity contribution >= 4 is 17.5 Å². The second-order valence-corrected chi connectivity index (χ2v) is 6.16. The molecule has 3 rings (SSSR count). The standard InChI is InChI=1S/C18H22N2O3/c21-17(19-14-6-2-1-3-7-14)18(22)20-15-8-4-5-9-16(15)23-12-13-10-11-13/h1-2,4-5,8-9,13-14H,3,6-7,10-12H2,(H,19,21)(H,20,22). The minimum absolute atomic E-state index is 0.0413. The predicted molar refractivity (Wildman–Crippen MR) is 88.2 cm³/mol. The number of rotatable bonds is 5. The molecule has 1 atom stereocenters. The van der Waals surface area contributed by atoms with Gasteiger partial charge in [-0.15, -0.1) is 0 Å². The van der Waals surface area contributed by atoms with E-state index in [1.807, 2.05) is 24.3 Å². The van der Waals surface area contributed by atoms with Crippen LogP contribution in [0.5, 0.6) is 5.75 Å². The van der Waals surface area contributed by atoms with Crippen LogP contribution in [0, 0.1) is 5.92 Å². The molecule has 1 fully saturated rings. The zero-order valence-corrected chi connectivity index (χ0v) is 13.1. The predicted octanol–water partition coefficient (Wildman–Crippen LogP) is 2.64. The van der Waals surface area contributed by atoms with Gasteiger partial charge in [0.2, 0.25) is 0 Å². The minimum Gasteiger partial charge on any atom is -0.491 e. The Labute approximate surface area is 136 Å². The first-order valence-corrected chi connectivity index (χ1v) is 8.21. The highest BCUT2D eigenvalue weighted by Crippen LogP contribution is 2.31. The lowest BCUT2D eigenvalue weighted by Crippen LogP contribution is -2.42. The Morgan fingerprint density at radius 1 is 1.09 bits per heavy atom. The number of hydrogen-bond donors (Lipinski definition) is 2. The highest BCUT2D eigenvalue weighted by molar-refractivity contribution is 6.39. The second-order valence-electron chi connectivity index (χ2n) is 6.16. The van der Waals surface area contributed by atoms with Gasteiger partial charge in [0.05, 0.1) is 12.3 Å². The molecule has 0 radical (unpaired) electrons. The molecule has 1 saturated carbocycles. The molecule has 0 heterocycles. The van der Waals surface area contributed by atoms with Gasteiger partial charge in [-0.05, 0) is 50.2 Å². The Morgan fingerprint density at radius 3 is 2.65 bits per heavy atom. The van der Waals surface area contributed by atoms with Crippen LogP contribution in [0.15, 0.2) is 36.4 Å². The zero-order valence-electron chi connectivity index (χ0n) is 13.1. The molecule has 0 spiro atoms. The van der Waals surface area contributed by atoms with Crippen molar-refractivity contribution in [3.63, 3.8) is 0 Å². The van der Waals surface area contributed by atoms with Crippen LogP contribution in [-0.2, 0) is 9.59 Å². The number of carbonyl (C=O) groups excluding carboxylic acids is 2. The zero-order chi connectivity index (χ0) is 16.1. The summed E-state index contributed by atoms with van der Waals surface area (Å²) in [5.74, 6) is -0.00752. The lowest BCUT2D eigenvalue weighted by atomic mass is 10.0.